The van der Waals surface area contributed by atoms with Crippen LogP contribution in [0.2, 0.25) is 0 Å². The monoisotopic (exact) mass is 263 g/mol. The first-order valence-corrected chi connectivity index (χ1v) is 7.11. The van der Waals surface area contributed by atoms with Crippen molar-refractivity contribution in [1.82, 2.24) is 5.32 Å². The van der Waals surface area contributed by atoms with Crippen molar-refractivity contribution in [2.75, 3.05) is 18.9 Å². The second kappa shape index (κ2) is 6.61. The molecule has 0 atom stereocenters. The molecule has 18 heavy (non-hydrogen) atoms. The molecule has 1 aromatic rings. The summed E-state index contributed by atoms with van der Waals surface area (Å²) in [4.78, 5) is 13.1. The van der Waals surface area contributed by atoms with Gasteiger partial charge >= 0.3 is 0 Å². The molecular formula is C14H17NO2S. The minimum Gasteiger partial charge on any atom is -0.396 e. The van der Waals surface area contributed by atoms with Crippen LogP contribution in [-0.2, 0) is 4.79 Å². The summed E-state index contributed by atoms with van der Waals surface area (Å²) >= 11 is 1.70. The normalized spacial score (nSPS) is 13.7. The number of hydrogen-bond acceptors (Lipinski definition) is 3. The van der Waals surface area contributed by atoms with E-state index in [0.717, 1.165) is 29.7 Å². The number of carbonyl (C=O) groups excluding carboxylic acids is 1. The summed E-state index contributed by atoms with van der Waals surface area (Å²) in [6.07, 6.45) is 3.52. The second-order valence-corrected chi connectivity index (χ2v) is 5.20. The van der Waals surface area contributed by atoms with E-state index in [1.54, 1.807) is 11.8 Å². The highest BCUT2D eigenvalue weighted by Crippen LogP contribution is 2.31. The quantitative estimate of drug-likeness (QED) is 0.800. The number of aliphatic hydroxyl groups excluding tert-OH is 1. The van der Waals surface area contributed by atoms with Gasteiger partial charge in [-0.05, 0) is 30.5 Å². The van der Waals surface area contributed by atoms with Gasteiger partial charge in [0.15, 0.2) is 0 Å². The van der Waals surface area contributed by atoms with E-state index in [4.69, 9.17) is 5.11 Å². The molecule has 0 unspecified atom stereocenters. The Balaban J connectivity index is 1.94. The SMILES string of the molecule is O=C(NCCCCO)C1=Cc2ccccc2SC1. The number of amides is 1. The number of unbranched alkanes of at least 4 members (excludes halogenated alkanes) is 1. The third kappa shape index (κ3) is 3.37. The molecule has 0 radical (unpaired) electrons. The number of nitrogens with one attached hydrogen (secondary N) is 1. The van der Waals surface area contributed by atoms with Crippen LogP contribution >= 0.6 is 11.8 Å². The summed E-state index contributed by atoms with van der Waals surface area (Å²) in [7, 11) is 0. The lowest BCUT2D eigenvalue weighted by molar-refractivity contribution is -0.117. The highest BCUT2D eigenvalue weighted by molar-refractivity contribution is 7.99. The van der Waals surface area contributed by atoms with Gasteiger partial charge in [0.05, 0.1) is 0 Å². The predicted octanol–water partition coefficient (Wildman–Crippen LogP) is 2.06. The van der Waals surface area contributed by atoms with Crippen LogP contribution in [0.15, 0.2) is 34.7 Å². The Labute approximate surface area is 111 Å². The van der Waals surface area contributed by atoms with E-state index in [9.17, 15) is 4.79 Å². The lowest BCUT2D eigenvalue weighted by Crippen LogP contribution is -2.27. The minimum absolute atomic E-state index is 0.00921. The molecule has 2 N–H and O–H groups in total. The zero-order chi connectivity index (χ0) is 12.8. The van der Waals surface area contributed by atoms with Crippen LogP contribution in [0.3, 0.4) is 0 Å². The average Bonchev–Trinajstić information content (AvgIpc) is 2.43. The molecule has 1 aliphatic heterocycles. The van der Waals surface area contributed by atoms with Crippen molar-refractivity contribution in [2.45, 2.75) is 17.7 Å². The second-order valence-electron chi connectivity index (χ2n) is 4.18. The highest BCUT2D eigenvalue weighted by Gasteiger charge is 2.15. The Kier molecular flexibility index (Phi) is 4.84. The third-order valence-corrected chi connectivity index (χ3v) is 3.93. The van der Waals surface area contributed by atoms with Gasteiger partial charge in [0.25, 0.3) is 0 Å². The zero-order valence-electron chi connectivity index (χ0n) is 10.2. The fourth-order valence-corrected chi connectivity index (χ4v) is 2.79. The lowest BCUT2D eigenvalue weighted by atomic mass is 10.1. The maximum Gasteiger partial charge on any atom is 0.248 e. The maximum absolute atomic E-state index is 11.9. The molecule has 1 heterocycles. The summed E-state index contributed by atoms with van der Waals surface area (Å²) < 4.78 is 0. The molecule has 0 saturated heterocycles. The molecule has 4 heteroatoms. The van der Waals surface area contributed by atoms with E-state index < -0.39 is 0 Å². The predicted molar refractivity (Wildman–Crippen MR) is 74.5 cm³/mol. The number of benzene rings is 1. The molecule has 1 amide bonds. The van der Waals surface area contributed by atoms with Gasteiger partial charge in [-0.2, -0.15) is 0 Å². The summed E-state index contributed by atoms with van der Waals surface area (Å²) in [5.41, 5.74) is 1.94. The largest absolute Gasteiger partial charge is 0.396 e. The lowest BCUT2D eigenvalue weighted by Gasteiger charge is -2.15. The van der Waals surface area contributed by atoms with E-state index >= 15 is 0 Å². The number of fused-ring (bicyclic) bond motifs is 1. The first-order valence-electron chi connectivity index (χ1n) is 6.12. The number of aliphatic hydroxyl groups is 1. The number of hydrogen-bond donors (Lipinski definition) is 2. The van der Waals surface area contributed by atoms with Crippen LogP contribution in [0.4, 0.5) is 0 Å². The molecule has 0 spiro atoms. The van der Waals surface area contributed by atoms with Gasteiger partial charge in [0.2, 0.25) is 5.91 Å². The molecule has 3 nitrogen and oxygen atoms in total. The Hall–Kier alpha value is -1.26. The molecule has 1 aliphatic rings. The van der Waals surface area contributed by atoms with Crippen LogP contribution in [-0.4, -0.2) is 29.9 Å². The fourth-order valence-electron chi connectivity index (χ4n) is 1.80. The Bertz CT molecular complexity index is 457. The molecule has 0 aromatic heterocycles. The van der Waals surface area contributed by atoms with Gasteiger partial charge in [0.1, 0.15) is 0 Å². The molecule has 0 bridgehead atoms. The van der Waals surface area contributed by atoms with Crippen molar-refractivity contribution in [1.29, 1.82) is 0 Å². The summed E-state index contributed by atoms with van der Waals surface area (Å²) in [5.74, 6) is 0.734. The van der Waals surface area contributed by atoms with Gasteiger partial charge in [-0.25, -0.2) is 0 Å². The van der Waals surface area contributed by atoms with Crippen molar-refractivity contribution in [2.24, 2.45) is 0 Å². The average molecular weight is 263 g/mol. The van der Waals surface area contributed by atoms with Crippen molar-refractivity contribution in [3.05, 3.63) is 35.4 Å². The topological polar surface area (TPSA) is 49.3 Å². The van der Waals surface area contributed by atoms with Crippen LogP contribution in [0.1, 0.15) is 18.4 Å². The van der Waals surface area contributed by atoms with Crippen molar-refractivity contribution in [3.8, 4) is 0 Å². The van der Waals surface area contributed by atoms with Crippen LogP contribution < -0.4 is 5.32 Å². The van der Waals surface area contributed by atoms with Crippen LogP contribution in [0.25, 0.3) is 6.08 Å². The molecule has 0 fully saturated rings. The molecule has 0 saturated carbocycles. The Morgan fingerprint density at radius 1 is 1.33 bits per heavy atom. The third-order valence-electron chi connectivity index (χ3n) is 2.79. The number of rotatable bonds is 5. The fraction of sp³-hybridized carbons (Fsp3) is 0.357. The van der Waals surface area contributed by atoms with E-state index in [0.29, 0.717) is 6.54 Å². The molecular weight excluding hydrogens is 246 g/mol. The van der Waals surface area contributed by atoms with E-state index in [-0.39, 0.29) is 12.5 Å². The van der Waals surface area contributed by atoms with Crippen LogP contribution in [0, 0.1) is 0 Å². The minimum atomic E-state index is 0.00921. The smallest absolute Gasteiger partial charge is 0.248 e. The molecule has 0 aliphatic carbocycles. The number of thioether (sulfide) groups is 1. The highest BCUT2D eigenvalue weighted by atomic mass is 32.2. The zero-order valence-corrected chi connectivity index (χ0v) is 11.0. The van der Waals surface area contributed by atoms with E-state index in [2.05, 4.69) is 11.4 Å². The Morgan fingerprint density at radius 2 is 2.17 bits per heavy atom. The van der Waals surface area contributed by atoms with Gasteiger partial charge in [-0.1, -0.05) is 18.2 Å². The van der Waals surface area contributed by atoms with Gasteiger partial charge < -0.3 is 10.4 Å². The summed E-state index contributed by atoms with van der Waals surface area (Å²) in [6.45, 7) is 0.810. The van der Waals surface area contributed by atoms with Gasteiger partial charge in [-0.15, -0.1) is 11.8 Å². The summed E-state index contributed by atoms with van der Waals surface area (Å²) in [6, 6.07) is 8.10. The maximum atomic E-state index is 11.9. The Morgan fingerprint density at radius 3 is 3.00 bits per heavy atom. The first kappa shape index (κ1) is 13.2. The molecule has 1 aromatic carbocycles. The van der Waals surface area contributed by atoms with E-state index in [1.165, 1.54) is 4.90 Å². The molecule has 96 valence electrons. The van der Waals surface area contributed by atoms with Gasteiger partial charge in [0, 0.05) is 29.4 Å². The van der Waals surface area contributed by atoms with Gasteiger partial charge in [-0.3, -0.25) is 4.79 Å². The van der Waals surface area contributed by atoms with Crippen LogP contribution in [0.5, 0.6) is 0 Å². The number of carbonyl (C=O) groups is 1. The standard InChI is InChI=1S/C14H17NO2S/c16-8-4-3-7-15-14(17)12-9-11-5-1-2-6-13(11)18-10-12/h1-2,5-6,9,16H,3-4,7-8,10H2,(H,15,17). The van der Waals surface area contributed by atoms with Crippen molar-refractivity contribution in [3.63, 3.8) is 0 Å². The first-order chi connectivity index (χ1) is 8.81. The van der Waals surface area contributed by atoms with Crippen molar-refractivity contribution < 1.29 is 9.90 Å². The van der Waals surface area contributed by atoms with E-state index in [1.807, 2.05) is 24.3 Å². The summed E-state index contributed by atoms with van der Waals surface area (Å²) in [5, 5.41) is 11.5. The van der Waals surface area contributed by atoms with Crippen molar-refractivity contribution >= 4 is 23.7 Å². The molecule has 2 rings (SSSR count).